The van der Waals surface area contributed by atoms with Gasteiger partial charge in [-0.2, -0.15) is 0 Å². The lowest BCUT2D eigenvalue weighted by Crippen LogP contribution is -2.30. The third-order valence-electron chi connectivity index (χ3n) is 14.9. The summed E-state index contributed by atoms with van der Waals surface area (Å²) in [6.07, 6.45) is 56.5. The van der Waals surface area contributed by atoms with E-state index in [4.69, 9.17) is 14.2 Å². The second-order valence-corrected chi connectivity index (χ2v) is 22.3. The SMILES string of the molecule is CCC(C)CCCCCCCCCCCCCCCCC(=O)OC[C@@H](COC(=O)CCCCCCCCCCCCCCCCCC(C)C)OC(=O)CCCCCCCCCCCCC(C)CC. The van der Waals surface area contributed by atoms with Crippen molar-refractivity contribution >= 4 is 17.9 Å². The Morgan fingerprint density at radius 1 is 0.294 bits per heavy atom. The molecule has 0 aliphatic carbocycles. The molecule has 0 aliphatic rings. The van der Waals surface area contributed by atoms with Crippen molar-refractivity contribution in [1.82, 2.24) is 0 Å². The number of unbranched alkanes of at least 4 members (excludes halogenated alkanes) is 36. The normalized spacial score (nSPS) is 12.9. The van der Waals surface area contributed by atoms with Crippen molar-refractivity contribution < 1.29 is 28.6 Å². The zero-order valence-electron chi connectivity index (χ0n) is 46.9. The molecule has 0 bridgehead atoms. The molecule has 0 aromatic carbocycles. The van der Waals surface area contributed by atoms with Crippen LogP contribution < -0.4 is 0 Å². The van der Waals surface area contributed by atoms with Crippen LogP contribution in [0.4, 0.5) is 0 Å². The molecule has 0 amide bonds. The van der Waals surface area contributed by atoms with Crippen LogP contribution in [0.1, 0.15) is 343 Å². The van der Waals surface area contributed by atoms with E-state index in [9.17, 15) is 14.4 Å². The van der Waals surface area contributed by atoms with Crippen molar-refractivity contribution in [1.29, 1.82) is 0 Å². The summed E-state index contributed by atoms with van der Waals surface area (Å²) in [6, 6.07) is 0. The Morgan fingerprint density at radius 3 is 0.765 bits per heavy atom. The van der Waals surface area contributed by atoms with E-state index in [1.807, 2.05) is 0 Å². The monoisotopic (exact) mass is 961 g/mol. The van der Waals surface area contributed by atoms with Crippen molar-refractivity contribution in [2.45, 2.75) is 349 Å². The number of esters is 3. The number of hydrogen-bond donors (Lipinski definition) is 0. The van der Waals surface area contributed by atoms with Crippen LogP contribution in [0.5, 0.6) is 0 Å². The summed E-state index contributed by atoms with van der Waals surface area (Å²) in [7, 11) is 0. The Balaban J connectivity index is 4.29. The van der Waals surface area contributed by atoms with Gasteiger partial charge in [-0.3, -0.25) is 14.4 Å². The molecule has 0 heterocycles. The summed E-state index contributed by atoms with van der Waals surface area (Å²) in [5.41, 5.74) is 0. The summed E-state index contributed by atoms with van der Waals surface area (Å²) in [6.45, 7) is 13.8. The first-order valence-corrected chi connectivity index (χ1v) is 30.7. The molecule has 0 fully saturated rings. The van der Waals surface area contributed by atoms with Crippen molar-refractivity contribution in [3.8, 4) is 0 Å². The second-order valence-electron chi connectivity index (χ2n) is 22.3. The van der Waals surface area contributed by atoms with Gasteiger partial charge in [0.15, 0.2) is 6.10 Å². The van der Waals surface area contributed by atoms with Crippen LogP contribution >= 0.6 is 0 Å². The number of hydrogen-bond acceptors (Lipinski definition) is 6. The van der Waals surface area contributed by atoms with E-state index in [2.05, 4.69) is 41.5 Å². The fourth-order valence-electron chi connectivity index (χ4n) is 9.47. The maximum absolute atomic E-state index is 12.9. The lowest BCUT2D eigenvalue weighted by molar-refractivity contribution is -0.167. The molecule has 6 nitrogen and oxygen atoms in total. The second kappa shape index (κ2) is 53.2. The van der Waals surface area contributed by atoms with Crippen LogP contribution in [0.25, 0.3) is 0 Å². The number of carbonyl (C=O) groups excluding carboxylic acids is 3. The van der Waals surface area contributed by atoms with Gasteiger partial charge in [-0.25, -0.2) is 0 Å². The van der Waals surface area contributed by atoms with Crippen LogP contribution in [0.2, 0.25) is 0 Å². The summed E-state index contributed by atoms with van der Waals surface area (Å²) < 4.78 is 16.9. The molecule has 0 N–H and O–H groups in total. The molecular weight excluding hydrogens is 841 g/mol. The van der Waals surface area contributed by atoms with E-state index in [0.717, 1.165) is 75.5 Å². The summed E-state index contributed by atoms with van der Waals surface area (Å²) in [5, 5.41) is 0. The average Bonchev–Trinajstić information content (AvgIpc) is 3.33. The van der Waals surface area contributed by atoms with Crippen LogP contribution in [-0.2, 0) is 28.6 Å². The Bertz CT molecular complexity index is 1060. The van der Waals surface area contributed by atoms with E-state index in [1.54, 1.807) is 0 Å². The Kier molecular flexibility index (Phi) is 52.0. The molecule has 0 radical (unpaired) electrons. The van der Waals surface area contributed by atoms with Crippen LogP contribution in [-0.4, -0.2) is 37.2 Å². The standard InChI is InChI=1S/C62H120O6/c1-7-57(5)49-43-37-31-25-19-15-12-13-17-21-28-34-40-46-52-61(64)67-55-59(68-62(65)53-47-41-35-29-23-22-26-32-38-44-50-58(6)8-2)54-66-60(63)51-45-39-33-27-20-16-11-9-10-14-18-24-30-36-42-48-56(3)4/h56-59H,7-55H2,1-6H3/t57?,58?,59-/m1/s1. The first-order chi connectivity index (χ1) is 33.2. The Morgan fingerprint density at radius 2 is 0.515 bits per heavy atom. The van der Waals surface area contributed by atoms with Crippen molar-refractivity contribution in [2.24, 2.45) is 17.8 Å². The third-order valence-corrected chi connectivity index (χ3v) is 14.9. The van der Waals surface area contributed by atoms with Gasteiger partial charge < -0.3 is 14.2 Å². The van der Waals surface area contributed by atoms with Crippen molar-refractivity contribution in [2.75, 3.05) is 13.2 Å². The highest BCUT2D eigenvalue weighted by atomic mass is 16.6. The number of carbonyl (C=O) groups is 3. The van der Waals surface area contributed by atoms with Gasteiger partial charge in [0.1, 0.15) is 13.2 Å². The minimum atomic E-state index is -0.764. The molecule has 68 heavy (non-hydrogen) atoms. The molecule has 0 aromatic rings. The highest BCUT2D eigenvalue weighted by Gasteiger charge is 2.19. The maximum Gasteiger partial charge on any atom is 0.306 e. The number of rotatable bonds is 55. The zero-order valence-corrected chi connectivity index (χ0v) is 46.9. The molecular formula is C62H120O6. The van der Waals surface area contributed by atoms with E-state index in [0.29, 0.717) is 19.3 Å². The van der Waals surface area contributed by atoms with Gasteiger partial charge in [-0.1, -0.05) is 305 Å². The van der Waals surface area contributed by atoms with Crippen LogP contribution in [0.3, 0.4) is 0 Å². The topological polar surface area (TPSA) is 78.9 Å². The molecule has 2 unspecified atom stereocenters. The molecule has 0 rings (SSSR count). The lowest BCUT2D eigenvalue weighted by atomic mass is 9.99. The predicted molar refractivity (Wildman–Crippen MR) is 293 cm³/mol. The Hall–Kier alpha value is -1.59. The maximum atomic E-state index is 12.9. The molecule has 0 spiro atoms. The zero-order chi connectivity index (χ0) is 49.8. The Labute approximate surface area is 425 Å². The van der Waals surface area contributed by atoms with E-state index in [1.165, 1.54) is 225 Å². The average molecular weight is 962 g/mol. The summed E-state index contributed by atoms with van der Waals surface area (Å²) in [4.78, 5) is 38.2. The van der Waals surface area contributed by atoms with Crippen molar-refractivity contribution in [3.05, 3.63) is 0 Å². The van der Waals surface area contributed by atoms with Gasteiger partial charge in [-0.05, 0) is 37.0 Å². The minimum absolute atomic E-state index is 0.0632. The molecule has 0 saturated heterocycles. The largest absolute Gasteiger partial charge is 0.462 e. The first kappa shape index (κ1) is 66.4. The van der Waals surface area contributed by atoms with Gasteiger partial charge in [-0.15, -0.1) is 0 Å². The molecule has 3 atom stereocenters. The van der Waals surface area contributed by atoms with Gasteiger partial charge in [0.2, 0.25) is 0 Å². The fourth-order valence-corrected chi connectivity index (χ4v) is 9.47. The minimum Gasteiger partial charge on any atom is -0.462 e. The lowest BCUT2D eigenvalue weighted by Gasteiger charge is -2.18. The fraction of sp³-hybridized carbons (Fsp3) is 0.952. The molecule has 0 saturated carbocycles. The van der Waals surface area contributed by atoms with Crippen LogP contribution in [0, 0.1) is 17.8 Å². The highest BCUT2D eigenvalue weighted by molar-refractivity contribution is 5.71. The smallest absolute Gasteiger partial charge is 0.306 e. The van der Waals surface area contributed by atoms with Crippen LogP contribution in [0.15, 0.2) is 0 Å². The summed E-state index contributed by atoms with van der Waals surface area (Å²) >= 11 is 0. The molecule has 6 heteroatoms. The first-order valence-electron chi connectivity index (χ1n) is 30.7. The molecule has 0 aromatic heterocycles. The molecule has 404 valence electrons. The summed E-state index contributed by atoms with van der Waals surface area (Å²) in [5.74, 6) is 1.77. The van der Waals surface area contributed by atoms with Gasteiger partial charge >= 0.3 is 17.9 Å². The predicted octanol–water partition coefficient (Wildman–Crippen LogP) is 20.3. The number of ether oxygens (including phenoxy) is 3. The van der Waals surface area contributed by atoms with Gasteiger partial charge in [0, 0.05) is 19.3 Å². The van der Waals surface area contributed by atoms with E-state index in [-0.39, 0.29) is 31.1 Å². The van der Waals surface area contributed by atoms with Gasteiger partial charge in [0.25, 0.3) is 0 Å². The van der Waals surface area contributed by atoms with E-state index >= 15 is 0 Å². The highest BCUT2D eigenvalue weighted by Crippen LogP contribution is 2.19. The van der Waals surface area contributed by atoms with Gasteiger partial charge in [0.05, 0.1) is 0 Å². The van der Waals surface area contributed by atoms with E-state index < -0.39 is 6.10 Å². The quantitative estimate of drug-likeness (QED) is 0.0343. The molecule has 0 aliphatic heterocycles. The third kappa shape index (κ3) is 52.2. The van der Waals surface area contributed by atoms with Crippen molar-refractivity contribution in [3.63, 3.8) is 0 Å².